The molecule has 2 aromatic rings. The van der Waals surface area contributed by atoms with Gasteiger partial charge in [0.05, 0.1) is 11.0 Å². The van der Waals surface area contributed by atoms with Crippen LogP contribution in [0.3, 0.4) is 0 Å². The molecule has 1 N–H and O–H groups in total. The molecule has 2 aliphatic heterocycles. The number of benzene rings is 2. The molecule has 35 heavy (non-hydrogen) atoms. The monoisotopic (exact) mass is 503 g/mol. The summed E-state index contributed by atoms with van der Waals surface area (Å²) in [6, 6.07) is 11.8. The summed E-state index contributed by atoms with van der Waals surface area (Å²) in [6.45, 7) is 5.32. The zero-order valence-electron chi connectivity index (χ0n) is 19.7. The Kier molecular flexibility index (Phi) is 7.46. The molecule has 1 unspecified atom stereocenters. The number of piperazine rings is 1. The summed E-state index contributed by atoms with van der Waals surface area (Å²) in [5, 5.41) is 9.04. The van der Waals surface area contributed by atoms with Crippen LogP contribution in [-0.2, 0) is 19.6 Å². The van der Waals surface area contributed by atoms with E-state index in [1.807, 2.05) is 26.0 Å². The molecule has 0 saturated carbocycles. The molecule has 4 rings (SSSR count). The smallest absolute Gasteiger partial charge is 0.341 e. The van der Waals surface area contributed by atoms with E-state index in [0.717, 1.165) is 11.3 Å². The molecule has 1 atom stereocenters. The van der Waals surface area contributed by atoms with E-state index in [-0.39, 0.29) is 17.0 Å². The molecule has 0 aliphatic carbocycles. The number of hydrogen-bond donors (Lipinski definition) is 1. The van der Waals surface area contributed by atoms with Gasteiger partial charge in [-0.05, 0) is 44.2 Å². The molecule has 1 saturated heterocycles. The molecule has 0 spiro atoms. The van der Waals surface area contributed by atoms with Crippen molar-refractivity contribution in [2.45, 2.75) is 30.9 Å². The summed E-state index contributed by atoms with van der Waals surface area (Å²) in [6.07, 6.45) is 1.39. The zero-order valence-corrected chi connectivity index (χ0v) is 20.5. The first-order chi connectivity index (χ1) is 16.7. The minimum atomic E-state index is -3.63. The number of ether oxygens (including phenoxy) is 3. The first-order valence-electron chi connectivity index (χ1n) is 11.4. The number of anilines is 1. The molecule has 0 bridgehead atoms. The van der Waals surface area contributed by atoms with E-state index < -0.39 is 22.6 Å². The highest BCUT2D eigenvalue weighted by Crippen LogP contribution is 2.34. The molecule has 1 fully saturated rings. The number of aliphatic carboxylic acids is 1. The van der Waals surface area contributed by atoms with Crippen LogP contribution in [0.2, 0.25) is 0 Å². The maximum absolute atomic E-state index is 13.1. The number of sulfonamides is 1. The van der Waals surface area contributed by atoms with Crippen molar-refractivity contribution >= 4 is 28.1 Å². The van der Waals surface area contributed by atoms with Crippen molar-refractivity contribution in [2.24, 2.45) is 4.99 Å². The number of nitrogens with zero attached hydrogens (tertiary/aromatic N) is 3. The fourth-order valence-electron chi connectivity index (χ4n) is 4.02. The van der Waals surface area contributed by atoms with E-state index in [1.165, 1.54) is 10.7 Å². The summed E-state index contributed by atoms with van der Waals surface area (Å²) in [4.78, 5) is 17.6. The van der Waals surface area contributed by atoms with Crippen molar-refractivity contribution in [2.75, 3.05) is 44.3 Å². The summed E-state index contributed by atoms with van der Waals surface area (Å²) in [5.41, 5.74) is 1.57. The number of aliphatic imine (C=N–C) groups is 1. The maximum Gasteiger partial charge on any atom is 0.341 e. The molecular formula is C24H29N3O7S. The second kappa shape index (κ2) is 10.5. The quantitative estimate of drug-likeness (QED) is 0.555. The van der Waals surface area contributed by atoms with Gasteiger partial charge in [0, 0.05) is 43.5 Å². The van der Waals surface area contributed by atoms with Crippen LogP contribution in [0.4, 0.5) is 5.69 Å². The van der Waals surface area contributed by atoms with Crippen molar-refractivity contribution in [1.82, 2.24) is 4.31 Å². The van der Waals surface area contributed by atoms with Crippen molar-refractivity contribution in [3.05, 3.63) is 48.0 Å². The Morgan fingerprint density at radius 1 is 1.14 bits per heavy atom. The minimum absolute atomic E-state index is 0.00821. The van der Waals surface area contributed by atoms with Crippen LogP contribution in [0.1, 0.15) is 25.5 Å². The average molecular weight is 504 g/mol. The lowest BCUT2D eigenvalue weighted by Gasteiger charge is -2.35. The third kappa shape index (κ3) is 5.85. The second-order valence-electron chi connectivity index (χ2n) is 8.54. The molecule has 188 valence electrons. The first-order valence-corrected chi connectivity index (χ1v) is 12.8. The van der Waals surface area contributed by atoms with Gasteiger partial charge >= 0.3 is 5.97 Å². The topological polar surface area (TPSA) is 118 Å². The largest absolute Gasteiger partial charge is 0.491 e. The number of carbonyl (C=O) groups is 1. The SMILES string of the molecule is CC(C)Oc1ccc(S(=O)(=O)N2CCN(c3ccc(C4COC=N4)c(OCC(=O)O)c3)CC2)cc1. The van der Waals surface area contributed by atoms with E-state index in [0.29, 0.717) is 44.3 Å². The van der Waals surface area contributed by atoms with Gasteiger partial charge in [0.1, 0.15) is 24.1 Å². The van der Waals surface area contributed by atoms with Gasteiger partial charge in [-0.25, -0.2) is 18.2 Å². The van der Waals surface area contributed by atoms with Crippen LogP contribution >= 0.6 is 0 Å². The van der Waals surface area contributed by atoms with Gasteiger partial charge in [-0.2, -0.15) is 4.31 Å². The third-order valence-corrected chi connectivity index (χ3v) is 7.63. The van der Waals surface area contributed by atoms with Crippen LogP contribution in [0.25, 0.3) is 0 Å². The lowest BCUT2D eigenvalue weighted by Crippen LogP contribution is -2.48. The average Bonchev–Trinajstić information content (AvgIpc) is 3.37. The fourth-order valence-corrected chi connectivity index (χ4v) is 5.44. The summed E-state index contributed by atoms with van der Waals surface area (Å²) in [5.74, 6) is -0.0190. The highest BCUT2D eigenvalue weighted by Gasteiger charge is 2.29. The Balaban J connectivity index is 1.45. The number of carboxylic acid groups (broad SMARTS) is 1. The van der Waals surface area contributed by atoms with Crippen molar-refractivity contribution < 1.29 is 32.5 Å². The number of rotatable bonds is 9. The Bertz CT molecular complexity index is 1170. The molecule has 11 heteroatoms. The Hall–Kier alpha value is -3.31. The van der Waals surface area contributed by atoms with E-state index >= 15 is 0 Å². The Labute approximate surface area is 204 Å². The second-order valence-corrected chi connectivity index (χ2v) is 10.5. The normalized spacial score (nSPS) is 18.5. The lowest BCUT2D eigenvalue weighted by molar-refractivity contribution is -0.139. The van der Waals surface area contributed by atoms with Gasteiger partial charge in [-0.3, -0.25) is 0 Å². The van der Waals surface area contributed by atoms with Gasteiger partial charge < -0.3 is 24.2 Å². The maximum atomic E-state index is 13.1. The fraction of sp³-hybridized carbons (Fsp3) is 0.417. The predicted octanol–water partition coefficient (Wildman–Crippen LogP) is 2.55. The summed E-state index contributed by atoms with van der Waals surface area (Å²) in [7, 11) is -3.63. The molecule has 2 heterocycles. The van der Waals surface area contributed by atoms with Crippen LogP contribution in [0.5, 0.6) is 11.5 Å². The van der Waals surface area contributed by atoms with E-state index in [1.54, 1.807) is 30.3 Å². The first kappa shape index (κ1) is 24.8. The minimum Gasteiger partial charge on any atom is -0.491 e. The highest BCUT2D eigenvalue weighted by molar-refractivity contribution is 7.89. The predicted molar refractivity (Wildman–Crippen MR) is 130 cm³/mol. The zero-order chi connectivity index (χ0) is 25.0. The van der Waals surface area contributed by atoms with Gasteiger partial charge in [0.25, 0.3) is 0 Å². The van der Waals surface area contributed by atoms with Crippen LogP contribution < -0.4 is 14.4 Å². The van der Waals surface area contributed by atoms with Gasteiger partial charge in [-0.15, -0.1) is 0 Å². The van der Waals surface area contributed by atoms with Crippen molar-refractivity contribution in [3.8, 4) is 11.5 Å². The highest BCUT2D eigenvalue weighted by atomic mass is 32.2. The molecule has 2 aromatic carbocycles. The van der Waals surface area contributed by atoms with Crippen molar-refractivity contribution in [3.63, 3.8) is 0 Å². The molecule has 0 radical (unpaired) electrons. The lowest BCUT2D eigenvalue weighted by atomic mass is 10.1. The molecular weight excluding hydrogens is 474 g/mol. The standard InChI is InChI=1S/C24H29N3O7S/c1-17(2)34-19-4-6-20(7-5-19)35(30,31)27-11-9-26(10-12-27)18-3-8-21(22-14-32-16-25-22)23(13-18)33-15-24(28)29/h3-8,13,16-17,22H,9-12,14-15H2,1-2H3,(H,28,29). The number of carboxylic acids is 1. The molecule has 0 amide bonds. The molecule has 0 aromatic heterocycles. The van der Waals surface area contributed by atoms with Gasteiger partial charge in [0.2, 0.25) is 10.0 Å². The van der Waals surface area contributed by atoms with E-state index in [2.05, 4.69) is 9.89 Å². The van der Waals surface area contributed by atoms with Gasteiger partial charge in [-0.1, -0.05) is 6.07 Å². The summed E-state index contributed by atoms with van der Waals surface area (Å²) >= 11 is 0. The Morgan fingerprint density at radius 3 is 2.46 bits per heavy atom. The van der Waals surface area contributed by atoms with Gasteiger partial charge in [0.15, 0.2) is 13.0 Å². The van der Waals surface area contributed by atoms with Crippen molar-refractivity contribution in [1.29, 1.82) is 0 Å². The molecule has 2 aliphatic rings. The third-order valence-electron chi connectivity index (χ3n) is 5.71. The van der Waals surface area contributed by atoms with Crippen LogP contribution in [0.15, 0.2) is 52.4 Å². The number of hydrogen-bond acceptors (Lipinski definition) is 8. The van der Waals surface area contributed by atoms with Crippen LogP contribution in [-0.4, -0.2) is 75.7 Å². The van der Waals surface area contributed by atoms with E-state index in [4.69, 9.17) is 19.3 Å². The van der Waals surface area contributed by atoms with E-state index in [9.17, 15) is 13.2 Å². The van der Waals surface area contributed by atoms with Crippen LogP contribution in [0, 0.1) is 0 Å². The molecule has 10 nitrogen and oxygen atoms in total. The Morgan fingerprint density at radius 2 is 1.86 bits per heavy atom. The summed E-state index contributed by atoms with van der Waals surface area (Å²) < 4.78 is 44.1.